The molecule has 25 heavy (non-hydrogen) atoms. The van der Waals surface area contributed by atoms with E-state index in [4.69, 9.17) is 15.2 Å². The minimum Gasteiger partial charge on any atom is -0.488 e. The van der Waals surface area contributed by atoms with Crippen LogP contribution in [0.1, 0.15) is 31.1 Å². The standard InChI is InChI=1S/C16H22N2O7/c1-16(2,3)25-15(22)18-11(13(19)20)8-24-12-9(14(21)23-4)6-5-7-10(12)17/h5-7,11H,8,17H2,1-4H3,(H,18,22)(H,19,20). The first-order valence-corrected chi connectivity index (χ1v) is 7.37. The van der Waals surface area contributed by atoms with Crippen LogP contribution in [0.2, 0.25) is 0 Å². The number of ether oxygens (including phenoxy) is 3. The van der Waals surface area contributed by atoms with E-state index in [2.05, 4.69) is 10.1 Å². The van der Waals surface area contributed by atoms with Gasteiger partial charge in [0.1, 0.15) is 17.8 Å². The van der Waals surface area contributed by atoms with Crippen LogP contribution in [0, 0.1) is 0 Å². The SMILES string of the molecule is COC(=O)c1cccc(N)c1OCC(NC(=O)OC(C)(C)C)C(=O)O. The number of nitrogens with one attached hydrogen (secondary N) is 1. The van der Waals surface area contributed by atoms with Gasteiger partial charge in [0.15, 0.2) is 11.8 Å². The summed E-state index contributed by atoms with van der Waals surface area (Å²) in [6.07, 6.45) is -0.905. The minimum absolute atomic E-state index is 0.0217. The Morgan fingerprint density at radius 3 is 2.44 bits per heavy atom. The number of hydrogen-bond donors (Lipinski definition) is 3. The zero-order valence-corrected chi connectivity index (χ0v) is 14.5. The van der Waals surface area contributed by atoms with Gasteiger partial charge in [0.25, 0.3) is 0 Å². The summed E-state index contributed by atoms with van der Waals surface area (Å²) in [4.78, 5) is 34.8. The summed E-state index contributed by atoms with van der Waals surface area (Å²) >= 11 is 0. The van der Waals surface area contributed by atoms with Gasteiger partial charge in [-0.1, -0.05) is 6.07 Å². The highest BCUT2D eigenvalue weighted by atomic mass is 16.6. The molecular formula is C16H22N2O7. The topological polar surface area (TPSA) is 137 Å². The Kier molecular flexibility index (Phi) is 6.60. The zero-order chi connectivity index (χ0) is 19.2. The van der Waals surface area contributed by atoms with Crippen molar-refractivity contribution in [3.8, 4) is 5.75 Å². The van der Waals surface area contributed by atoms with Crippen molar-refractivity contribution in [1.29, 1.82) is 0 Å². The molecule has 0 heterocycles. The first-order chi connectivity index (χ1) is 11.5. The van der Waals surface area contributed by atoms with Crippen LogP contribution in [-0.4, -0.2) is 48.5 Å². The van der Waals surface area contributed by atoms with Crippen LogP contribution >= 0.6 is 0 Å². The lowest BCUT2D eigenvalue weighted by atomic mass is 10.1. The molecule has 0 aliphatic heterocycles. The summed E-state index contributed by atoms with van der Waals surface area (Å²) in [6, 6.07) is 3.04. The second-order valence-corrected chi connectivity index (χ2v) is 6.06. The molecule has 4 N–H and O–H groups in total. The van der Waals surface area contributed by atoms with E-state index in [0.717, 1.165) is 0 Å². The Bertz CT molecular complexity index is 652. The maximum atomic E-state index is 11.7. The Hall–Kier alpha value is -2.97. The number of nitrogen functional groups attached to an aromatic ring is 1. The number of methoxy groups -OCH3 is 1. The molecule has 0 radical (unpaired) electrons. The number of anilines is 1. The van der Waals surface area contributed by atoms with E-state index in [9.17, 15) is 19.5 Å². The van der Waals surface area contributed by atoms with Crippen molar-refractivity contribution in [2.24, 2.45) is 0 Å². The van der Waals surface area contributed by atoms with Crippen LogP contribution in [0.15, 0.2) is 18.2 Å². The lowest BCUT2D eigenvalue weighted by Gasteiger charge is -2.22. The highest BCUT2D eigenvalue weighted by Gasteiger charge is 2.26. The predicted octanol–water partition coefficient (Wildman–Crippen LogP) is 1.41. The molecule has 0 aliphatic rings. The molecule has 1 aromatic rings. The second-order valence-electron chi connectivity index (χ2n) is 6.06. The van der Waals surface area contributed by atoms with E-state index in [1.807, 2.05) is 0 Å². The normalized spacial score (nSPS) is 12.0. The van der Waals surface area contributed by atoms with Gasteiger partial charge in [0.2, 0.25) is 0 Å². The molecule has 138 valence electrons. The van der Waals surface area contributed by atoms with Gasteiger partial charge in [-0.25, -0.2) is 14.4 Å². The molecule has 0 bridgehead atoms. The largest absolute Gasteiger partial charge is 0.488 e. The molecule has 1 aromatic carbocycles. The number of carbonyl (C=O) groups is 3. The number of benzene rings is 1. The third-order valence-corrected chi connectivity index (χ3v) is 2.83. The molecule has 0 saturated heterocycles. The number of amides is 1. The van der Waals surface area contributed by atoms with Crippen molar-refractivity contribution in [2.75, 3.05) is 19.5 Å². The van der Waals surface area contributed by atoms with Gasteiger partial charge in [0, 0.05) is 0 Å². The van der Waals surface area contributed by atoms with Gasteiger partial charge >= 0.3 is 18.0 Å². The number of aliphatic carboxylic acids is 1. The monoisotopic (exact) mass is 354 g/mol. The average molecular weight is 354 g/mol. The molecule has 0 aliphatic carbocycles. The highest BCUT2D eigenvalue weighted by Crippen LogP contribution is 2.27. The van der Waals surface area contributed by atoms with Gasteiger partial charge in [-0.2, -0.15) is 0 Å². The molecule has 1 atom stereocenters. The van der Waals surface area contributed by atoms with Crippen LogP contribution in [0.5, 0.6) is 5.75 Å². The number of rotatable bonds is 6. The van der Waals surface area contributed by atoms with Crippen molar-refractivity contribution < 1.29 is 33.7 Å². The fourth-order valence-corrected chi connectivity index (χ4v) is 1.78. The lowest BCUT2D eigenvalue weighted by Crippen LogP contribution is -2.46. The quantitative estimate of drug-likeness (QED) is 0.515. The molecule has 1 amide bonds. The number of carbonyl (C=O) groups excluding carboxylic acids is 2. The maximum Gasteiger partial charge on any atom is 0.408 e. The highest BCUT2D eigenvalue weighted by molar-refractivity contribution is 5.94. The molecule has 1 unspecified atom stereocenters. The maximum absolute atomic E-state index is 11.7. The fraction of sp³-hybridized carbons (Fsp3) is 0.438. The summed E-state index contributed by atoms with van der Waals surface area (Å²) in [5, 5.41) is 11.4. The summed E-state index contributed by atoms with van der Waals surface area (Å²) < 4.78 is 15.0. The van der Waals surface area contributed by atoms with Gasteiger partial charge in [-0.3, -0.25) is 0 Å². The van der Waals surface area contributed by atoms with Crippen LogP contribution < -0.4 is 15.8 Å². The van der Waals surface area contributed by atoms with Crippen LogP contribution in [0.4, 0.5) is 10.5 Å². The van der Waals surface area contributed by atoms with Crippen molar-refractivity contribution in [1.82, 2.24) is 5.32 Å². The summed E-state index contributed by atoms with van der Waals surface area (Å²) in [5.41, 5.74) is 5.16. The first kappa shape index (κ1) is 20.1. The molecule has 0 spiro atoms. The Morgan fingerprint density at radius 2 is 1.92 bits per heavy atom. The zero-order valence-electron chi connectivity index (χ0n) is 14.5. The second kappa shape index (κ2) is 8.22. The number of carboxylic acid groups (broad SMARTS) is 1. The fourth-order valence-electron chi connectivity index (χ4n) is 1.78. The third kappa shape index (κ3) is 6.21. The smallest absolute Gasteiger partial charge is 0.408 e. The van der Waals surface area contributed by atoms with Crippen molar-refractivity contribution in [3.63, 3.8) is 0 Å². The third-order valence-electron chi connectivity index (χ3n) is 2.83. The number of carboxylic acids is 1. The number of hydrogen-bond acceptors (Lipinski definition) is 7. The molecular weight excluding hydrogens is 332 g/mol. The Labute approximate surface area is 145 Å². The molecule has 0 fully saturated rings. The van der Waals surface area contributed by atoms with Crippen LogP contribution in [0.25, 0.3) is 0 Å². The molecule has 1 rings (SSSR count). The van der Waals surface area contributed by atoms with Crippen LogP contribution in [0.3, 0.4) is 0 Å². The van der Waals surface area contributed by atoms with E-state index < -0.39 is 36.3 Å². The van der Waals surface area contributed by atoms with Gasteiger partial charge in [0.05, 0.1) is 12.8 Å². The predicted molar refractivity (Wildman–Crippen MR) is 88.5 cm³/mol. The lowest BCUT2D eigenvalue weighted by molar-refractivity contribution is -0.140. The van der Waals surface area contributed by atoms with E-state index in [-0.39, 0.29) is 17.0 Å². The average Bonchev–Trinajstić information content (AvgIpc) is 2.49. The summed E-state index contributed by atoms with van der Waals surface area (Å²) in [5.74, 6) is -2.04. The van der Waals surface area contributed by atoms with Gasteiger partial charge in [-0.15, -0.1) is 0 Å². The van der Waals surface area contributed by atoms with E-state index >= 15 is 0 Å². The summed E-state index contributed by atoms with van der Waals surface area (Å²) in [7, 11) is 1.19. The number of alkyl carbamates (subject to hydrolysis) is 1. The van der Waals surface area contributed by atoms with E-state index in [1.165, 1.54) is 25.3 Å². The van der Waals surface area contributed by atoms with Crippen molar-refractivity contribution in [2.45, 2.75) is 32.4 Å². The Morgan fingerprint density at radius 1 is 1.28 bits per heavy atom. The first-order valence-electron chi connectivity index (χ1n) is 7.37. The van der Waals surface area contributed by atoms with E-state index in [0.29, 0.717) is 0 Å². The van der Waals surface area contributed by atoms with Crippen LogP contribution in [-0.2, 0) is 14.3 Å². The summed E-state index contributed by atoms with van der Waals surface area (Å²) in [6.45, 7) is 4.47. The molecule has 9 heteroatoms. The minimum atomic E-state index is -1.40. The molecule has 0 saturated carbocycles. The van der Waals surface area contributed by atoms with E-state index in [1.54, 1.807) is 20.8 Å². The number of para-hydroxylation sites is 1. The Balaban J connectivity index is 2.87. The molecule has 0 aromatic heterocycles. The van der Waals surface area contributed by atoms with Gasteiger partial charge in [-0.05, 0) is 32.9 Å². The van der Waals surface area contributed by atoms with Crippen molar-refractivity contribution in [3.05, 3.63) is 23.8 Å². The number of nitrogens with two attached hydrogens (primary N) is 1. The van der Waals surface area contributed by atoms with Crippen molar-refractivity contribution >= 4 is 23.7 Å². The molecule has 9 nitrogen and oxygen atoms in total. The van der Waals surface area contributed by atoms with Gasteiger partial charge < -0.3 is 30.4 Å². The number of esters is 1.